The molecule has 1 atom stereocenters. The number of hydrogen-bond acceptors (Lipinski definition) is 1. The zero-order valence-corrected chi connectivity index (χ0v) is 24.7. The lowest BCUT2D eigenvalue weighted by Gasteiger charge is -2.16. The molecule has 0 aromatic rings. The number of allylic oxidation sites excluding steroid dienone is 2. The average Bonchev–Trinajstić information content (AvgIpc) is 2.87. The third kappa shape index (κ3) is 29.8. The SMILES string of the molecule is CCCCCCCC/C=C\CCCCC(CCCO)CCCCCCCCCCCCCCCC. The highest BCUT2D eigenvalue weighted by Gasteiger charge is 2.08. The van der Waals surface area contributed by atoms with Gasteiger partial charge in [0.2, 0.25) is 0 Å². The van der Waals surface area contributed by atoms with Crippen LogP contribution in [0.5, 0.6) is 0 Å². The quantitative estimate of drug-likeness (QED) is 0.0780. The van der Waals surface area contributed by atoms with Crippen molar-refractivity contribution in [3.05, 3.63) is 12.2 Å². The zero-order chi connectivity index (χ0) is 25.5. The van der Waals surface area contributed by atoms with Crippen LogP contribution in [0, 0.1) is 5.92 Å². The van der Waals surface area contributed by atoms with Crippen LogP contribution < -0.4 is 0 Å². The van der Waals surface area contributed by atoms with Gasteiger partial charge in [0, 0.05) is 6.61 Å². The Bertz CT molecular complexity index is 388. The molecule has 210 valence electrons. The largest absolute Gasteiger partial charge is 0.396 e. The van der Waals surface area contributed by atoms with Crippen molar-refractivity contribution in [3.63, 3.8) is 0 Å². The summed E-state index contributed by atoms with van der Waals surface area (Å²) < 4.78 is 0. The van der Waals surface area contributed by atoms with E-state index in [1.807, 2.05) is 0 Å². The number of rotatable bonds is 30. The molecule has 0 bridgehead atoms. The van der Waals surface area contributed by atoms with Gasteiger partial charge in [0.1, 0.15) is 0 Å². The first-order valence-electron chi connectivity index (χ1n) is 16.6. The van der Waals surface area contributed by atoms with E-state index >= 15 is 0 Å². The van der Waals surface area contributed by atoms with Gasteiger partial charge < -0.3 is 5.11 Å². The van der Waals surface area contributed by atoms with E-state index in [0.29, 0.717) is 6.61 Å². The first-order chi connectivity index (χ1) is 17.3. The summed E-state index contributed by atoms with van der Waals surface area (Å²) in [5.74, 6) is 0.853. The molecule has 0 radical (unpaired) electrons. The van der Waals surface area contributed by atoms with Crippen molar-refractivity contribution in [2.24, 2.45) is 5.92 Å². The van der Waals surface area contributed by atoms with Crippen molar-refractivity contribution in [3.8, 4) is 0 Å². The van der Waals surface area contributed by atoms with E-state index in [9.17, 15) is 5.11 Å². The van der Waals surface area contributed by atoms with Gasteiger partial charge in [0.05, 0.1) is 0 Å². The summed E-state index contributed by atoms with van der Waals surface area (Å²) in [6.45, 7) is 4.96. The standard InChI is InChI=1S/C34H68O/c1-3-5-7-9-11-13-15-17-18-20-22-24-26-28-31-34(32-29-33-35)30-27-25-23-21-19-16-14-12-10-8-6-4-2/h19,21,34-35H,3-18,20,22-33H2,1-2H3/b21-19-. The van der Waals surface area contributed by atoms with Gasteiger partial charge in [-0.3, -0.25) is 0 Å². The molecule has 0 saturated carbocycles. The molecule has 0 aliphatic carbocycles. The van der Waals surface area contributed by atoms with E-state index in [4.69, 9.17) is 0 Å². The van der Waals surface area contributed by atoms with Crippen molar-refractivity contribution < 1.29 is 5.11 Å². The van der Waals surface area contributed by atoms with E-state index in [-0.39, 0.29) is 0 Å². The molecular weight excluding hydrogens is 424 g/mol. The minimum atomic E-state index is 0.371. The molecule has 0 fully saturated rings. The topological polar surface area (TPSA) is 20.2 Å². The molecule has 0 heterocycles. The molecule has 0 amide bonds. The van der Waals surface area contributed by atoms with Gasteiger partial charge in [-0.1, -0.05) is 167 Å². The molecule has 0 aromatic heterocycles. The number of aliphatic hydroxyl groups excluding tert-OH is 1. The highest BCUT2D eigenvalue weighted by molar-refractivity contribution is 4.81. The van der Waals surface area contributed by atoms with E-state index in [0.717, 1.165) is 12.3 Å². The zero-order valence-electron chi connectivity index (χ0n) is 24.7. The van der Waals surface area contributed by atoms with E-state index in [1.165, 1.54) is 173 Å². The predicted molar refractivity (Wildman–Crippen MR) is 160 cm³/mol. The van der Waals surface area contributed by atoms with Gasteiger partial charge in [-0.05, 0) is 44.4 Å². The molecule has 0 aliphatic rings. The lowest BCUT2D eigenvalue weighted by Crippen LogP contribution is -2.02. The lowest BCUT2D eigenvalue weighted by atomic mass is 9.90. The van der Waals surface area contributed by atoms with Gasteiger partial charge in [-0.25, -0.2) is 0 Å². The minimum absolute atomic E-state index is 0.371. The number of hydrogen-bond donors (Lipinski definition) is 1. The van der Waals surface area contributed by atoms with Crippen LogP contribution in [0.3, 0.4) is 0 Å². The maximum absolute atomic E-state index is 9.27. The summed E-state index contributed by atoms with van der Waals surface area (Å²) in [5, 5.41) is 9.27. The summed E-state index contributed by atoms with van der Waals surface area (Å²) in [4.78, 5) is 0. The Morgan fingerprint density at radius 2 is 0.714 bits per heavy atom. The minimum Gasteiger partial charge on any atom is -0.396 e. The van der Waals surface area contributed by atoms with Crippen LogP contribution in [0.4, 0.5) is 0 Å². The van der Waals surface area contributed by atoms with Gasteiger partial charge >= 0.3 is 0 Å². The molecule has 0 aromatic carbocycles. The second-order valence-electron chi connectivity index (χ2n) is 11.4. The monoisotopic (exact) mass is 493 g/mol. The summed E-state index contributed by atoms with van der Waals surface area (Å²) >= 11 is 0. The van der Waals surface area contributed by atoms with Crippen LogP contribution in [0.25, 0.3) is 0 Å². The lowest BCUT2D eigenvalue weighted by molar-refractivity contribution is 0.262. The normalized spacial score (nSPS) is 12.7. The third-order valence-corrected chi connectivity index (χ3v) is 7.86. The third-order valence-electron chi connectivity index (χ3n) is 7.86. The smallest absolute Gasteiger partial charge is 0.0431 e. The van der Waals surface area contributed by atoms with Crippen molar-refractivity contribution in [2.45, 2.75) is 194 Å². The maximum Gasteiger partial charge on any atom is 0.0431 e. The predicted octanol–water partition coefficient (Wildman–Crippen LogP) is 12.1. The summed E-state index contributed by atoms with van der Waals surface area (Å²) in [6, 6.07) is 0. The Balaban J connectivity index is 3.54. The van der Waals surface area contributed by atoms with Crippen LogP contribution in [-0.2, 0) is 0 Å². The fourth-order valence-corrected chi connectivity index (χ4v) is 5.41. The van der Waals surface area contributed by atoms with Crippen LogP contribution in [0.15, 0.2) is 12.2 Å². The van der Waals surface area contributed by atoms with Crippen molar-refractivity contribution in [1.29, 1.82) is 0 Å². The Hall–Kier alpha value is -0.300. The van der Waals surface area contributed by atoms with E-state index in [2.05, 4.69) is 26.0 Å². The first kappa shape index (κ1) is 34.7. The summed E-state index contributed by atoms with van der Waals surface area (Å²) in [6.07, 6.45) is 43.7. The second kappa shape index (κ2) is 31.7. The molecule has 0 spiro atoms. The summed E-state index contributed by atoms with van der Waals surface area (Å²) in [7, 11) is 0. The van der Waals surface area contributed by atoms with E-state index in [1.54, 1.807) is 0 Å². The van der Waals surface area contributed by atoms with Crippen molar-refractivity contribution >= 4 is 0 Å². The highest BCUT2D eigenvalue weighted by atomic mass is 16.2. The molecular formula is C34H68O. The second-order valence-corrected chi connectivity index (χ2v) is 11.4. The fraction of sp³-hybridized carbons (Fsp3) is 0.941. The Morgan fingerprint density at radius 1 is 0.400 bits per heavy atom. The Morgan fingerprint density at radius 3 is 1.14 bits per heavy atom. The Kier molecular flexibility index (Phi) is 31.5. The van der Waals surface area contributed by atoms with Crippen LogP contribution in [0.2, 0.25) is 0 Å². The molecule has 1 N–H and O–H groups in total. The van der Waals surface area contributed by atoms with Crippen LogP contribution >= 0.6 is 0 Å². The summed E-state index contributed by atoms with van der Waals surface area (Å²) in [5.41, 5.74) is 0. The van der Waals surface area contributed by atoms with Gasteiger partial charge in [-0.15, -0.1) is 0 Å². The number of unbranched alkanes of at least 4 members (excludes halogenated alkanes) is 21. The van der Waals surface area contributed by atoms with E-state index < -0.39 is 0 Å². The Labute approximate surface area is 223 Å². The van der Waals surface area contributed by atoms with Crippen molar-refractivity contribution in [1.82, 2.24) is 0 Å². The van der Waals surface area contributed by atoms with Gasteiger partial charge in [0.15, 0.2) is 0 Å². The highest BCUT2D eigenvalue weighted by Crippen LogP contribution is 2.23. The molecule has 0 rings (SSSR count). The van der Waals surface area contributed by atoms with Crippen LogP contribution in [-0.4, -0.2) is 11.7 Å². The molecule has 1 heteroatoms. The fourth-order valence-electron chi connectivity index (χ4n) is 5.41. The molecule has 35 heavy (non-hydrogen) atoms. The van der Waals surface area contributed by atoms with Crippen molar-refractivity contribution in [2.75, 3.05) is 6.61 Å². The van der Waals surface area contributed by atoms with Gasteiger partial charge in [0.25, 0.3) is 0 Å². The molecule has 0 saturated heterocycles. The molecule has 1 nitrogen and oxygen atoms in total. The number of aliphatic hydroxyl groups is 1. The van der Waals surface area contributed by atoms with Crippen LogP contribution in [0.1, 0.15) is 194 Å². The molecule has 1 unspecified atom stereocenters. The maximum atomic E-state index is 9.27. The first-order valence-corrected chi connectivity index (χ1v) is 16.6. The van der Waals surface area contributed by atoms with Gasteiger partial charge in [-0.2, -0.15) is 0 Å². The average molecular weight is 493 g/mol. The molecule has 0 aliphatic heterocycles.